The molecular weight excluding hydrogens is 355 g/mol. The van der Waals surface area contributed by atoms with Gasteiger partial charge in [-0.3, -0.25) is 4.79 Å². The molecule has 1 aliphatic rings. The van der Waals surface area contributed by atoms with Gasteiger partial charge in [0.05, 0.1) is 5.92 Å². The Morgan fingerprint density at radius 1 is 1.11 bits per heavy atom. The number of anilines is 1. The molecule has 1 atom stereocenters. The van der Waals surface area contributed by atoms with Crippen LogP contribution in [0.3, 0.4) is 0 Å². The average Bonchev–Trinajstić information content (AvgIpc) is 3.09. The van der Waals surface area contributed by atoms with Crippen LogP contribution in [0, 0.1) is 12.8 Å². The number of amides is 1. The number of hydrogen-bond donors (Lipinski definition) is 1. The van der Waals surface area contributed by atoms with Crippen LogP contribution in [-0.4, -0.2) is 12.3 Å². The van der Waals surface area contributed by atoms with Gasteiger partial charge in [-0.05, 0) is 61.1 Å². The third-order valence-electron chi connectivity index (χ3n) is 4.91. The minimum atomic E-state index is -4.73. The van der Waals surface area contributed by atoms with Crippen molar-refractivity contribution in [2.24, 2.45) is 5.92 Å². The van der Waals surface area contributed by atoms with E-state index in [1.165, 1.54) is 12.1 Å². The fourth-order valence-corrected chi connectivity index (χ4v) is 3.75. The Morgan fingerprint density at radius 3 is 2.37 bits per heavy atom. The molecule has 1 unspecified atom stereocenters. The summed E-state index contributed by atoms with van der Waals surface area (Å²) in [5, 5.41) is 2.96. The SMILES string of the molecule is Cc1cccc(NC(=O)C(c2ccc(OC(F)(F)F)cc2)C2CCCC2)c1. The van der Waals surface area contributed by atoms with Crippen LogP contribution >= 0.6 is 0 Å². The van der Waals surface area contributed by atoms with Crippen molar-refractivity contribution < 1.29 is 22.7 Å². The monoisotopic (exact) mass is 377 g/mol. The lowest BCUT2D eigenvalue weighted by Crippen LogP contribution is -2.26. The maximum absolute atomic E-state index is 13.0. The summed E-state index contributed by atoms with van der Waals surface area (Å²) in [7, 11) is 0. The molecule has 27 heavy (non-hydrogen) atoms. The van der Waals surface area contributed by atoms with Gasteiger partial charge in [-0.15, -0.1) is 13.2 Å². The number of ether oxygens (including phenoxy) is 1. The van der Waals surface area contributed by atoms with E-state index in [0.717, 1.165) is 36.9 Å². The number of aryl methyl sites for hydroxylation is 1. The van der Waals surface area contributed by atoms with Crippen LogP contribution in [-0.2, 0) is 4.79 Å². The second kappa shape index (κ2) is 8.03. The van der Waals surface area contributed by atoms with Crippen molar-refractivity contribution in [3.8, 4) is 5.75 Å². The van der Waals surface area contributed by atoms with Crippen molar-refractivity contribution in [2.45, 2.75) is 44.9 Å². The number of alkyl halides is 3. The molecule has 1 amide bonds. The van der Waals surface area contributed by atoms with Crippen molar-refractivity contribution in [3.63, 3.8) is 0 Å². The Bertz CT molecular complexity index is 781. The van der Waals surface area contributed by atoms with E-state index < -0.39 is 12.3 Å². The van der Waals surface area contributed by atoms with Gasteiger partial charge in [0.2, 0.25) is 5.91 Å². The van der Waals surface area contributed by atoms with Gasteiger partial charge in [0.15, 0.2) is 0 Å². The molecule has 0 heterocycles. The van der Waals surface area contributed by atoms with E-state index in [4.69, 9.17) is 0 Å². The van der Waals surface area contributed by atoms with Crippen LogP contribution in [0.4, 0.5) is 18.9 Å². The van der Waals surface area contributed by atoms with E-state index in [1.54, 1.807) is 12.1 Å². The summed E-state index contributed by atoms with van der Waals surface area (Å²) in [5.74, 6) is -0.621. The van der Waals surface area contributed by atoms with Gasteiger partial charge < -0.3 is 10.1 Å². The molecule has 0 aromatic heterocycles. The molecule has 144 valence electrons. The van der Waals surface area contributed by atoms with Gasteiger partial charge in [-0.1, -0.05) is 37.1 Å². The summed E-state index contributed by atoms with van der Waals surface area (Å²) in [6, 6.07) is 13.2. The first-order valence-electron chi connectivity index (χ1n) is 9.05. The van der Waals surface area contributed by atoms with Crippen LogP contribution in [0.2, 0.25) is 0 Å². The average molecular weight is 377 g/mol. The quantitative estimate of drug-likeness (QED) is 0.714. The number of rotatable bonds is 5. The Balaban J connectivity index is 1.81. The number of nitrogens with one attached hydrogen (secondary N) is 1. The van der Waals surface area contributed by atoms with E-state index >= 15 is 0 Å². The van der Waals surface area contributed by atoms with E-state index in [1.807, 2.05) is 31.2 Å². The largest absolute Gasteiger partial charge is 0.573 e. The predicted molar refractivity (Wildman–Crippen MR) is 97.6 cm³/mol. The lowest BCUT2D eigenvalue weighted by Gasteiger charge is -2.23. The van der Waals surface area contributed by atoms with Crippen LogP contribution in [0.25, 0.3) is 0 Å². The first kappa shape index (κ1) is 19.3. The molecular formula is C21H22F3NO2. The lowest BCUT2D eigenvalue weighted by molar-refractivity contribution is -0.274. The summed E-state index contributed by atoms with van der Waals surface area (Å²) in [4.78, 5) is 13.0. The number of benzene rings is 2. The summed E-state index contributed by atoms with van der Waals surface area (Å²) < 4.78 is 41.0. The fourth-order valence-electron chi connectivity index (χ4n) is 3.75. The Hall–Kier alpha value is -2.50. The first-order chi connectivity index (χ1) is 12.8. The van der Waals surface area contributed by atoms with Crippen LogP contribution in [0.5, 0.6) is 5.75 Å². The predicted octanol–water partition coefficient (Wildman–Crippen LogP) is 5.81. The molecule has 0 spiro atoms. The highest BCUT2D eigenvalue weighted by Gasteiger charge is 2.33. The molecule has 1 fully saturated rings. The van der Waals surface area contributed by atoms with Gasteiger partial charge in [0.1, 0.15) is 5.75 Å². The van der Waals surface area contributed by atoms with E-state index in [-0.39, 0.29) is 17.6 Å². The number of carbonyl (C=O) groups is 1. The molecule has 1 N–H and O–H groups in total. The van der Waals surface area contributed by atoms with Crippen molar-refractivity contribution in [1.82, 2.24) is 0 Å². The fraction of sp³-hybridized carbons (Fsp3) is 0.381. The zero-order chi connectivity index (χ0) is 19.4. The maximum Gasteiger partial charge on any atom is 0.573 e. The third-order valence-corrected chi connectivity index (χ3v) is 4.91. The molecule has 0 aliphatic heterocycles. The summed E-state index contributed by atoms with van der Waals surface area (Å²) in [6.07, 6.45) is -0.726. The first-order valence-corrected chi connectivity index (χ1v) is 9.05. The molecule has 2 aromatic carbocycles. The molecule has 0 saturated heterocycles. The molecule has 1 aliphatic carbocycles. The zero-order valence-electron chi connectivity index (χ0n) is 15.1. The number of carbonyl (C=O) groups excluding carboxylic acids is 1. The second-order valence-corrected chi connectivity index (χ2v) is 7.00. The van der Waals surface area contributed by atoms with E-state index in [0.29, 0.717) is 5.56 Å². The Labute approximate surface area is 156 Å². The molecule has 6 heteroatoms. The van der Waals surface area contributed by atoms with E-state index in [2.05, 4.69) is 10.1 Å². The topological polar surface area (TPSA) is 38.3 Å². The number of halogens is 3. The van der Waals surface area contributed by atoms with Crippen molar-refractivity contribution >= 4 is 11.6 Å². The van der Waals surface area contributed by atoms with Crippen molar-refractivity contribution in [3.05, 3.63) is 59.7 Å². The third kappa shape index (κ3) is 5.25. The smallest absolute Gasteiger partial charge is 0.406 e. The zero-order valence-corrected chi connectivity index (χ0v) is 15.1. The Kier molecular flexibility index (Phi) is 5.73. The van der Waals surface area contributed by atoms with Gasteiger partial charge >= 0.3 is 6.36 Å². The summed E-state index contributed by atoms with van der Waals surface area (Å²) >= 11 is 0. The minimum absolute atomic E-state index is 0.128. The Morgan fingerprint density at radius 2 is 1.78 bits per heavy atom. The second-order valence-electron chi connectivity index (χ2n) is 7.00. The molecule has 3 nitrogen and oxygen atoms in total. The highest BCUT2D eigenvalue weighted by atomic mass is 19.4. The summed E-state index contributed by atoms with van der Waals surface area (Å²) in [5.41, 5.74) is 2.47. The lowest BCUT2D eigenvalue weighted by atomic mass is 9.84. The molecule has 3 rings (SSSR count). The number of hydrogen-bond acceptors (Lipinski definition) is 2. The summed E-state index contributed by atoms with van der Waals surface area (Å²) in [6.45, 7) is 1.95. The molecule has 0 bridgehead atoms. The van der Waals surface area contributed by atoms with Gasteiger partial charge in [-0.2, -0.15) is 0 Å². The standard InChI is InChI=1S/C21H22F3NO2/c1-14-5-4-8-17(13-14)25-20(26)19(15-6-2-3-7-15)16-9-11-18(12-10-16)27-21(22,23)24/h4-5,8-13,15,19H,2-3,6-7H2,1H3,(H,25,26). The van der Waals surface area contributed by atoms with Crippen LogP contribution in [0.1, 0.15) is 42.7 Å². The minimum Gasteiger partial charge on any atom is -0.406 e. The molecule has 0 radical (unpaired) electrons. The van der Waals surface area contributed by atoms with Gasteiger partial charge in [0.25, 0.3) is 0 Å². The normalized spacial score (nSPS) is 16.1. The van der Waals surface area contributed by atoms with Crippen molar-refractivity contribution in [1.29, 1.82) is 0 Å². The highest BCUT2D eigenvalue weighted by molar-refractivity contribution is 5.96. The molecule has 2 aromatic rings. The van der Waals surface area contributed by atoms with Gasteiger partial charge in [0, 0.05) is 5.69 Å². The van der Waals surface area contributed by atoms with Crippen molar-refractivity contribution in [2.75, 3.05) is 5.32 Å². The van der Waals surface area contributed by atoms with Crippen LogP contribution in [0.15, 0.2) is 48.5 Å². The van der Waals surface area contributed by atoms with E-state index in [9.17, 15) is 18.0 Å². The van der Waals surface area contributed by atoms with Gasteiger partial charge in [-0.25, -0.2) is 0 Å². The molecule has 1 saturated carbocycles. The van der Waals surface area contributed by atoms with Crippen LogP contribution < -0.4 is 10.1 Å². The highest BCUT2D eigenvalue weighted by Crippen LogP contribution is 2.39. The maximum atomic E-state index is 13.0.